The lowest BCUT2D eigenvalue weighted by Gasteiger charge is -2.09. The fourth-order valence-corrected chi connectivity index (χ4v) is 2.84. The molecule has 0 amide bonds. The molecular formula is C15H16BrN3O. The minimum Gasteiger partial charge on any atom is -0.379 e. The zero-order valence-electron chi connectivity index (χ0n) is 11.2. The van der Waals surface area contributed by atoms with Crippen LogP contribution in [-0.2, 0) is 6.54 Å². The summed E-state index contributed by atoms with van der Waals surface area (Å²) in [7, 11) is 0. The first kappa shape index (κ1) is 13.4. The fourth-order valence-electron chi connectivity index (χ4n) is 2.41. The average molecular weight is 334 g/mol. The molecule has 2 atom stereocenters. The zero-order chi connectivity index (χ0) is 14.1. The minimum absolute atomic E-state index is 0.0885. The van der Waals surface area contributed by atoms with E-state index in [2.05, 4.69) is 50.6 Å². The van der Waals surface area contributed by atoms with Crippen LogP contribution in [0.25, 0.3) is 0 Å². The molecule has 20 heavy (non-hydrogen) atoms. The first-order valence-electron chi connectivity index (χ1n) is 6.77. The molecule has 1 N–H and O–H groups in total. The standard InChI is InChI=1S/C15H16BrN3O/c1-2-19-15(20)14(16)13(9-17-19)18-12-8-11(12)10-6-4-3-5-7-10/h3-7,9,11-12,18H,2,8H2,1H3. The summed E-state index contributed by atoms with van der Waals surface area (Å²) in [4.78, 5) is 12.0. The molecule has 0 bridgehead atoms. The van der Waals surface area contributed by atoms with Gasteiger partial charge in [0.1, 0.15) is 4.47 Å². The van der Waals surface area contributed by atoms with Crippen LogP contribution < -0.4 is 10.9 Å². The van der Waals surface area contributed by atoms with Gasteiger partial charge in [0.05, 0.1) is 11.9 Å². The quantitative estimate of drug-likeness (QED) is 0.935. The average Bonchev–Trinajstić information content (AvgIpc) is 3.24. The Balaban J connectivity index is 1.75. The van der Waals surface area contributed by atoms with E-state index in [9.17, 15) is 4.79 Å². The van der Waals surface area contributed by atoms with E-state index in [0.717, 1.165) is 12.1 Å². The number of hydrogen-bond acceptors (Lipinski definition) is 3. The number of rotatable bonds is 4. The van der Waals surface area contributed by atoms with Crippen LogP contribution in [0, 0.1) is 0 Å². The lowest BCUT2D eigenvalue weighted by atomic mass is 10.1. The number of hydrogen-bond donors (Lipinski definition) is 1. The van der Waals surface area contributed by atoms with Crippen LogP contribution in [0.15, 0.2) is 45.8 Å². The lowest BCUT2D eigenvalue weighted by Crippen LogP contribution is -2.24. The van der Waals surface area contributed by atoms with Gasteiger partial charge in [-0.15, -0.1) is 0 Å². The Morgan fingerprint density at radius 1 is 1.40 bits per heavy atom. The second-order valence-electron chi connectivity index (χ2n) is 5.00. The van der Waals surface area contributed by atoms with Crippen molar-refractivity contribution in [3.63, 3.8) is 0 Å². The summed E-state index contributed by atoms with van der Waals surface area (Å²) in [5.41, 5.74) is 2.04. The number of nitrogens with one attached hydrogen (secondary N) is 1. The van der Waals surface area contributed by atoms with Crippen molar-refractivity contribution in [1.82, 2.24) is 9.78 Å². The molecule has 1 aliphatic rings. The Hall–Kier alpha value is -1.62. The minimum atomic E-state index is -0.0885. The van der Waals surface area contributed by atoms with E-state index >= 15 is 0 Å². The van der Waals surface area contributed by atoms with Gasteiger partial charge in [-0.05, 0) is 34.8 Å². The van der Waals surface area contributed by atoms with Crippen molar-refractivity contribution in [3.05, 3.63) is 56.9 Å². The normalized spacial score (nSPS) is 20.7. The van der Waals surface area contributed by atoms with E-state index in [1.807, 2.05) is 13.0 Å². The second kappa shape index (κ2) is 5.40. The van der Waals surface area contributed by atoms with Crippen molar-refractivity contribution >= 4 is 21.6 Å². The molecule has 104 valence electrons. The molecule has 5 heteroatoms. The van der Waals surface area contributed by atoms with Crippen LogP contribution >= 0.6 is 15.9 Å². The molecule has 0 saturated heterocycles. The Morgan fingerprint density at radius 3 is 2.85 bits per heavy atom. The van der Waals surface area contributed by atoms with E-state index in [4.69, 9.17) is 0 Å². The van der Waals surface area contributed by atoms with Crippen molar-refractivity contribution in [2.45, 2.75) is 31.8 Å². The third-order valence-corrected chi connectivity index (χ3v) is 4.41. The van der Waals surface area contributed by atoms with E-state index in [0.29, 0.717) is 23.0 Å². The molecule has 4 nitrogen and oxygen atoms in total. The Kier molecular flexibility index (Phi) is 3.61. The maximum absolute atomic E-state index is 12.0. The summed E-state index contributed by atoms with van der Waals surface area (Å²) < 4.78 is 2.00. The summed E-state index contributed by atoms with van der Waals surface area (Å²) in [6, 6.07) is 10.8. The van der Waals surface area contributed by atoms with Crippen LogP contribution in [0.3, 0.4) is 0 Å². The molecule has 0 aliphatic heterocycles. The fraction of sp³-hybridized carbons (Fsp3) is 0.333. The van der Waals surface area contributed by atoms with Crippen LogP contribution in [0.1, 0.15) is 24.8 Å². The van der Waals surface area contributed by atoms with Crippen LogP contribution in [0.2, 0.25) is 0 Å². The molecule has 2 unspecified atom stereocenters. The smallest absolute Gasteiger partial charge is 0.283 e. The number of aromatic nitrogens is 2. The molecule has 0 spiro atoms. The molecule has 2 aromatic rings. The van der Waals surface area contributed by atoms with Gasteiger partial charge >= 0.3 is 0 Å². The highest BCUT2D eigenvalue weighted by molar-refractivity contribution is 9.10. The summed E-state index contributed by atoms with van der Waals surface area (Å²) in [6.45, 7) is 2.48. The highest BCUT2D eigenvalue weighted by atomic mass is 79.9. The lowest BCUT2D eigenvalue weighted by molar-refractivity contribution is 0.612. The molecule has 0 radical (unpaired) electrons. The van der Waals surface area contributed by atoms with Gasteiger partial charge in [-0.1, -0.05) is 30.3 Å². The SMILES string of the molecule is CCn1ncc(NC2CC2c2ccccc2)c(Br)c1=O. The first-order valence-corrected chi connectivity index (χ1v) is 7.57. The predicted octanol–water partition coefficient (Wildman–Crippen LogP) is 2.99. The molecule has 1 aliphatic carbocycles. The van der Waals surface area contributed by atoms with Crippen LogP contribution in [0.4, 0.5) is 5.69 Å². The van der Waals surface area contributed by atoms with Crippen LogP contribution in [-0.4, -0.2) is 15.8 Å². The summed E-state index contributed by atoms with van der Waals surface area (Å²) in [5.74, 6) is 0.525. The van der Waals surface area contributed by atoms with Crippen molar-refractivity contribution in [2.24, 2.45) is 0 Å². The molecule has 1 heterocycles. The van der Waals surface area contributed by atoms with Crippen molar-refractivity contribution < 1.29 is 0 Å². The molecule has 3 rings (SSSR count). The van der Waals surface area contributed by atoms with Gasteiger partial charge < -0.3 is 5.32 Å². The van der Waals surface area contributed by atoms with E-state index in [-0.39, 0.29) is 5.56 Å². The van der Waals surface area contributed by atoms with E-state index < -0.39 is 0 Å². The maximum atomic E-state index is 12.0. The summed E-state index contributed by atoms with van der Waals surface area (Å²) in [6.07, 6.45) is 2.81. The van der Waals surface area contributed by atoms with Gasteiger partial charge in [-0.2, -0.15) is 5.10 Å². The van der Waals surface area contributed by atoms with Gasteiger partial charge in [-0.25, -0.2) is 4.68 Å². The van der Waals surface area contributed by atoms with E-state index in [1.54, 1.807) is 6.20 Å². The topological polar surface area (TPSA) is 46.9 Å². The summed E-state index contributed by atoms with van der Waals surface area (Å²) >= 11 is 3.37. The van der Waals surface area contributed by atoms with Crippen LogP contribution in [0.5, 0.6) is 0 Å². The predicted molar refractivity (Wildman–Crippen MR) is 83.1 cm³/mol. The van der Waals surface area contributed by atoms with Gasteiger partial charge in [0, 0.05) is 18.5 Å². The maximum Gasteiger partial charge on any atom is 0.283 e. The van der Waals surface area contributed by atoms with Crippen molar-refractivity contribution in [2.75, 3.05) is 5.32 Å². The number of nitrogens with zero attached hydrogens (tertiary/aromatic N) is 2. The number of halogens is 1. The first-order chi connectivity index (χ1) is 9.70. The highest BCUT2D eigenvalue weighted by Crippen LogP contribution is 2.43. The molecule has 1 aromatic carbocycles. The molecule has 1 fully saturated rings. The van der Waals surface area contributed by atoms with Gasteiger partial charge in [0.15, 0.2) is 0 Å². The molecule has 1 saturated carbocycles. The van der Waals surface area contributed by atoms with Gasteiger partial charge in [0.25, 0.3) is 5.56 Å². The second-order valence-corrected chi connectivity index (χ2v) is 5.79. The van der Waals surface area contributed by atoms with E-state index in [1.165, 1.54) is 10.2 Å². The monoisotopic (exact) mass is 333 g/mol. The molecule has 1 aromatic heterocycles. The van der Waals surface area contributed by atoms with Gasteiger partial charge in [0.2, 0.25) is 0 Å². The third-order valence-electron chi connectivity index (χ3n) is 3.64. The number of aryl methyl sites for hydroxylation is 1. The third kappa shape index (κ3) is 2.50. The largest absolute Gasteiger partial charge is 0.379 e. The number of benzene rings is 1. The Bertz CT molecular complexity index is 669. The number of anilines is 1. The highest BCUT2D eigenvalue weighted by Gasteiger charge is 2.38. The van der Waals surface area contributed by atoms with Crippen molar-refractivity contribution in [3.8, 4) is 0 Å². The summed E-state index contributed by atoms with van der Waals surface area (Å²) in [5, 5.41) is 7.55. The van der Waals surface area contributed by atoms with Crippen molar-refractivity contribution in [1.29, 1.82) is 0 Å². The zero-order valence-corrected chi connectivity index (χ0v) is 12.8. The Labute approximate surface area is 126 Å². The van der Waals surface area contributed by atoms with Gasteiger partial charge in [-0.3, -0.25) is 4.79 Å². The Morgan fingerprint density at radius 2 is 2.15 bits per heavy atom. The molecular weight excluding hydrogens is 318 g/mol.